The summed E-state index contributed by atoms with van der Waals surface area (Å²) in [5.41, 5.74) is -2.49. The predicted molar refractivity (Wildman–Crippen MR) is 121 cm³/mol. The van der Waals surface area contributed by atoms with E-state index < -0.39 is 45.5 Å². The van der Waals surface area contributed by atoms with Crippen molar-refractivity contribution in [3.63, 3.8) is 0 Å². The van der Waals surface area contributed by atoms with Gasteiger partial charge in [0.05, 0.1) is 28.0 Å². The largest absolute Gasteiger partial charge is 0.477 e. The van der Waals surface area contributed by atoms with Gasteiger partial charge >= 0.3 is 18.2 Å². The maximum atomic E-state index is 12.6. The van der Waals surface area contributed by atoms with Crippen molar-refractivity contribution in [1.82, 2.24) is 14.5 Å². The molecule has 190 valence electrons. The number of hydrogen-bond donors (Lipinski definition) is 3. The first-order chi connectivity index (χ1) is 17.4. The van der Waals surface area contributed by atoms with Crippen molar-refractivity contribution in [2.75, 3.05) is 5.32 Å². The lowest BCUT2D eigenvalue weighted by Crippen LogP contribution is -2.17. The highest BCUT2D eigenvalue weighted by molar-refractivity contribution is 5.94. The molecule has 0 saturated heterocycles. The molecule has 0 unspecified atom stereocenters. The van der Waals surface area contributed by atoms with Crippen molar-refractivity contribution in [2.24, 2.45) is 0 Å². The van der Waals surface area contributed by atoms with Crippen molar-refractivity contribution in [1.29, 1.82) is 0 Å². The van der Waals surface area contributed by atoms with E-state index in [0.717, 1.165) is 36.4 Å². The molecule has 2 heterocycles. The van der Waals surface area contributed by atoms with Crippen LogP contribution in [0.15, 0.2) is 59.8 Å². The van der Waals surface area contributed by atoms with Gasteiger partial charge in [-0.3, -0.25) is 24.8 Å². The number of aromatic carboxylic acids is 1. The minimum absolute atomic E-state index is 0.00570. The topological polar surface area (TPSA) is 169 Å². The van der Waals surface area contributed by atoms with Gasteiger partial charge in [0, 0.05) is 23.3 Å². The Hall–Kier alpha value is -5.21. The third kappa shape index (κ3) is 5.39. The van der Waals surface area contributed by atoms with Gasteiger partial charge in [0.15, 0.2) is 0 Å². The maximum absolute atomic E-state index is 12.6. The number of aromatic amines is 1. The number of halogens is 3. The molecule has 0 atom stereocenters. The van der Waals surface area contributed by atoms with Crippen LogP contribution in [0.3, 0.4) is 0 Å². The fourth-order valence-corrected chi connectivity index (χ4v) is 3.35. The molecule has 2 aromatic carbocycles. The minimum Gasteiger partial charge on any atom is -0.477 e. The van der Waals surface area contributed by atoms with Crippen LogP contribution < -0.4 is 10.9 Å². The number of nitrogens with one attached hydrogen (secondary N) is 2. The summed E-state index contributed by atoms with van der Waals surface area (Å²) in [7, 11) is 0. The van der Waals surface area contributed by atoms with Crippen LogP contribution in [0.2, 0.25) is 0 Å². The molecule has 3 N–H and O–H groups in total. The number of amides is 1. The van der Waals surface area contributed by atoms with Crippen LogP contribution in [0.1, 0.15) is 21.6 Å². The number of nitrogens with zero attached hydrogens (tertiary/aromatic N) is 3. The van der Waals surface area contributed by atoms with Crippen LogP contribution >= 0.6 is 0 Å². The van der Waals surface area contributed by atoms with Crippen LogP contribution in [-0.4, -0.2) is 36.6 Å². The fourth-order valence-electron chi connectivity index (χ4n) is 3.35. The summed E-state index contributed by atoms with van der Waals surface area (Å²) >= 11 is 0. The molecule has 0 aliphatic carbocycles. The molecule has 12 nitrogen and oxygen atoms in total. The summed E-state index contributed by atoms with van der Waals surface area (Å²) in [6.45, 7) is -0.378. The lowest BCUT2D eigenvalue weighted by Gasteiger charge is -2.09. The number of carbonyl (C=O) groups is 2. The Balaban J connectivity index is 1.52. The number of fused-ring (bicyclic) bond motifs is 1. The molecule has 2 aromatic heterocycles. The summed E-state index contributed by atoms with van der Waals surface area (Å²) in [5, 5.41) is 23.3. The summed E-state index contributed by atoms with van der Waals surface area (Å²) in [6.07, 6.45) is -2.97. The highest BCUT2D eigenvalue weighted by Crippen LogP contribution is 2.30. The number of nitro groups is 1. The monoisotopic (exact) mass is 517 g/mol. The number of nitro benzene ring substituents is 1. The fraction of sp³-hybridized carbons (Fsp3) is 0.0909. The smallest absolute Gasteiger partial charge is 0.416 e. The van der Waals surface area contributed by atoms with Crippen LogP contribution in [0, 0.1) is 10.1 Å². The molecule has 0 aliphatic heterocycles. The van der Waals surface area contributed by atoms with Crippen molar-refractivity contribution in [2.45, 2.75) is 12.8 Å². The van der Waals surface area contributed by atoms with Crippen molar-refractivity contribution >= 4 is 34.3 Å². The molecule has 0 saturated carbocycles. The van der Waals surface area contributed by atoms with Gasteiger partial charge in [-0.05, 0) is 36.4 Å². The number of imidazole rings is 1. The van der Waals surface area contributed by atoms with Gasteiger partial charge in [-0.1, -0.05) is 0 Å². The van der Waals surface area contributed by atoms with Crippen LogP contribution in [0.5, 0.6) is 0 Å². The number of aromatic nitrogens is 3. The molecule has 4 aromatic rings. The molecular weight excluding hydrogens is 503 g/mol. The van der Waals surface area contributed by atoms with Crippen molar-refractivity contribution in [3.8, 4) is 5.69 Å². The average Bonchev–Trinajstić information content (AvgIpc) is 3.30. The van der Waals surface area contributed by atoms with E-state index >= 15 is 0 Å². The van der Waals surface area contributed by atoms with E-state index in [9.17, 15) is 37.7 Å². The summed E-state index contributed by atoms with van der Waals surface area (Å²) < 4.78 is 44.1. The number of H-pyrrole nitrogens is 1. The van der Waals surface area contributed by atoms with E-state index in [1.165, 1.54) is 23.2 Å². The van der Waals surface area contributed by atoms with Gasteiger partial charge in [-0.2, -0.15) is 13.2 Å². The third-order valence-corrected chi connectivity index (χ3v) is 5.09. The Kier molecular flexibility index (Phi) is 6.36. The van der Waals surface area contributed by atoms with Gasteiger partial charge in [0.2, 0.25) is 0 Å². The number of carboxylic acids is 1. The van der Waals surface area contributed by atoms with Gasteiger partial charge in [-0.25, -0.2) is 14.6 Å². The van der Waals surface area contributed by atoms with Gasteiger partial charge in [0.1, 0.15) is 17.9 Å². The molecule has 0 aliphatic rings. The first kappa shape index (κ1) is 24.9. The zero-order chi connectivity index (χ0) is 26.9. The summed E-state index contributed by atoms with van der Waals surface area (Å²) in [4.78, 5) is 52.4. The lowest BCUT2D eigenvalue weighted by molar-refractivity contribution is -0.384. The first-order valence-corrected chi connectivity index (χ1v) is 10.2. The second-order valence-corrected chi connectivity index (χ2v) is 7.55. The summed E-state index contributed by atoms with van der Waals surface area (Å²) in [5.74, 6) is -1.47. The van der Waals surface area contributed by atoms with Gasteiger partial charge in [-0.15, -0.1) is 0 Å². The van der Waals surface area contributed by atoms with E-state index in [4.69, 9.17) is 9.84 Å². The molecule has 0 bridgehead atoms. The number of hydrogen-bond acceptors (Lipinski definition) is 7. The molecular formula is C22H14F3N5O7. The number of ether oxygens (including phenoxy) is 1. The first-order valence-electron chi connectivity index (χ1n) is 10.2. The number of carbonyl (C=O) groups excluding carboxylic acids is 1. The second kappa shape index (κ2) is 9.44. The standard InChI is InChI=1S/C22H14F3N5O7/c23-22(24,25)12-1-3-13(4-2-12)27-21(34)37-9-14-8-29(10-26-14)17-6-11-5-15(20(32)33)19(31)28-16(11)7-18(17)30(35)36/h1-8,10H,9H2,(H,27,34)(H,28,31)(H,32,33). The number of rotatable bonds is 6. The molecule has 0 fully saturated rings. The van der Waals surface area contributed by atoms with E-state index in [-0.39, 0.29) is 34.6 Å². The zero-order valence-electron chi connectivity index (χ0n) is 18.3. The third-order valence-electron chi connectivity index (χ3n) is 5.09. The quantitative estimate of drug-likeness (QED) is 0.254. The molecule has 0 radical (unpaired) electrons. The van der Waals surface area contributed by atoms with E-state index in [2.05, 4.69) is 15.3 Å². The average molecular weight is 517 g/mol. The number of pyridine rings is 1. The molecule has 4 rings (SSSR count). The number of anilines is 1. The normalized spacial score (nSPS) is 11.3. The predicted octanol–water partition coefficient (Wildman–Crippen LogP) is 4.09. The minimum atomic E-state index is -4.52. The highest BCUT2D eigenvalue weighted by Gasteiger charge is 2.30. The highest BCUT2D eigenvalue weighted by atomic mass is 19.4. The Bertz CT molecular complexity index is 1590. The van der Waals surface area contributed by atoms with Crippen LogP contribution in [0.25, 0.3) is 16.6 Å². The van der Waals surface area contributed by atoms with Crippen molar-refractivity contribution in [3.05, 3.63) is 92.3 Å². The SMILES string of the molecule is O=C(Nc1ccc(C(F)(F)F)cc1)OCc1cn(-c2cc3cc(C(=O)O)c(=O)[nH]c3cc2[N+](=O)[O-])cn1. The van der Waals surface area contributed by atoms with Crippen molar-refractivity contribution < 1.29 is 37.5 Å². The van der Waals surface area contributed by atoms with E-state index in [1.54, 1.807) is 0 Å². The molecule has 1 amide bonds. The van der Waals surface area contributed by atoms with E-state index in [0.29, 0.717) is 0 Å². The second-order valence-electron chi connectivity index (χ2n) is 7.55. The van der Waals surface area contributed by atoms with Crippen LogP contribution in [0.4, 0.5) is 29.3 Å². The number of carboxylic acid groups (broad SMARTS) is 1. The zero-order valence-corrected chi connectivity index (χ0v) is 18.3. The number of benzene rings is 2. The Morgan fingerprint density at radius 2 is 1.89 bits per heavy atom. The molecule has 37 heavy (non-hydrogen) atoms. The Labute approximate surface area is 203 Å². The molecule has 0 spiro atoms. The van der Waals surface area contributed by atoms with Gasteiger partial charge in [0.25, 0.3) is 11.2 Å². The summed E-state index contributed by atoms with van der Waals surface area (Å²) in [6, 6.07) is 7.15. The Morgan fingerprint density at radius 1 is 1.19 bits per heavy atom. The Morgan fingerprint density at radius 3 is 2.51 bits per heavy atom. The van der Waals surface area contributed by atoms with Gasteiger partial charge < -0.3 is 14.8 Å². The molecule has 15 heteroatoms. The maximum Gasteiger partial charge on any atom is 0.416 e. The van der Waals surface area contributed by atoms with E-state index in [1.807, 2.05) is 0 Å². The van der Waals surface area contributed by atoms with Crippen LogP contribution in [-0.2, 0) is 17.5 Å². The lowest BCUT2D eigenvalue weighted by atomic mass is 10.1. The number of alkyl halides is 3.